The molecule has 1 heterocycles. The average molecular weight is 325 g/mol. The molecule has 2 N–H and O–H groups in total. The predicted molar refractivity (Wildman–Crippen MR) is 90.3 cm³/mol. The molecule has 1 aromatic heterocycles. The van der Waals surface area contributed by atoms with Crippen molar-refractivity contribution in [2.24, 2.45) is 0 Å². The van der Waals surface area contributed by atoms with Crippen molar-refractivity contribution in [2.75, 3.05) is 20.1 Å². The first-order chi connectivity index (χ1) is 11.0. The number of amides is 1. The zero-order valence-corrected chi connectivity index (χ0v) is 15.1. The lowest BCUT2D eigenvalue weighted by Crippen LogP contribution is -2.53. The van der Waals surface area contributed by atoms with Crippen LogP contribution in [0.3, 0.4) is 0 Å². The quantitative estimate of drug-likeness (QED) is 0.691. The molecule has 0 spiro atoms. The highest BCUT2D eigenvalue weighted by Crippen LogP contribution is 2.23. The fraction of sp³-hybridized carbons (Fsp3) is 0.765. The Morgan fingerprint density at radius 3 is 2.48 bits per heavy atom. The highest BCUT2D eigenvalue weighted by molar-refractivity contribution is 5.93. The van der Waals surface area contributed by atoms with Crippen molar-refractivity contribution in [1.82, 2.24) is 15.4 Å². The van der Waals surface area contributed by atoms with E-state index >= 15 is 0 Å². The monoisotopic (exact) mass is 325 g/mol. The summed E-state index contributed by atoms with van der Waals surface area (Å²) in [5.41, 5.74) is 0.803. The van der Waals surface area contributed by atoms with Gasteiger partial charge >= 0.3 is 0 Å². The summed E-state index contributed by atoms with van der Waals surface area (Å²) in [7, 11) is 2.13. The van der Waals surface area contributed by atoms with Gasteiger partial charge in [-0.15, -0.1) is 0 Å². The average Bonchev–Trinajstić information content (AvgIpc) is 2.94. The highest BCUT2D eigenvalue weighted by atomic mass is 16.5. The topological polar surface area (TPSA) is 78.6 Å². The normalized spacial score (nSPS) is 12.0. The number of nitrogens with zero attached hydrogens (tertiary/aromatic N) is 2. The van der Waals surface area contributed by atoms with Crippen molar-refractivity contribution in [1.29, 1.82) is 0 Å². The third kappa shape index (κ3) is 4.54. The van der Waals surface area contributed by atoms with Gasteiger partial charge < -0.3 is 14.9 Å². The van der Waals surface area contributed by atoms with Gasteiger partial charge in [-0.25, -0.2) is 0 Å². The van der Waals surface area contributed by atoms with E-state index in [2.05, 4.69) is 43.2 Å². The van der Waals surface area contributed by atoms with Crippen LogP contribution in [-0.2, 0) is 6.61 Å². The first-order valence-corrected chi connectivity index (χ1v) is 8.51. The summed E-state index contributed by atoms with van der Waals surface area (Å²) < 4.78 is 4.98. The second kappa shape index (κ2) is 9.03. The first kappa shape index (κ1) is 19.6. The summed E-state index contributed by atoms with van der Waals surface area (Å²) in [6.07, 6.45) is 4.23. The molecule has 6 heteroatoms. The Labute approximate surface area is 139 Å². The first-order valence-electron chi connectivity index (χ1n) is 8.51. The molecule has 1 aromatic rings. The summed E-state index contributed by atoms with van der Waals surface area (Å²) >= 11 is 0. The summed E-state index contributed by atoms with van der Waals surface area (Å²) in [5.74, 6) is 0.0913. The summed E-state index contributed by atoms with van der Waals surface area (Å²) in [6, 6.07) is 0. The molecule has 0 saturated carbocycles. The van der Waals surface area contributed by atoms with Crippen molar-refractivity contribution < 1.29 is 14.4 Å². The third-order valence-electron chi connectivity index (χ3n) is 4.93. The second-order valence-electron chi connectivity index (χ2n) is 6.13. The Balaban J connectivity index is 2.77. The SMILES string of the molecule is CCCCN(C)C(CC)(CC)CNC(=O)c1noc(CO)c1C. The molecule has 1 rings (SSSR count). The molecule has 0 aromatic carbocycles. The summed E-state index contributed by atoms with van der Waals surface area (Å²) in [4.78, 5) is 14.7. The lowest BCUT2D eigenvalue weighted by Gasteiger charge is -2.41. The van der Waals surface area contributed by atoms with Crippen LogP contribution in [0.25, 0.3) is 0 Å². The fourth-order valence-corrected chi connectivity index (χ4v) is 2.86. The number of rotatable bonds is 10. The van der Waals surface area contributed by atoms with Gasteiger partial charge in [0, 0.05) is 17.6 Å². The van der Waals surface area contributed by atoms with E-state index in [1.165, 1.54) is 0 Å². The Bertz CT molecular complexity index is 495. The minimum absolute atomic E-state index is 0.0533. The van der Waals surface area contributed by atoms with Crippen LogP contribution in [0.1, 0.15) is 68.3 Å². The number of aliphatic hydroxyl groups excluding tert-OH is 1. The molecule has 0 atom stereocenters. The van der Waals surface area contributed by atoms with E-state index in [0.717, 1.165) is 32.2 Å². The summed E-state index contributed by atoms with van der Waals surface area (Å²) in [6.45, 7) is 9.57. The van der Waals surface area contributed by atoms with Crippen LogP contribution < -0.4 is 5.32 Å². The van der Waals surface area contributed by atoms with E-state index in [9.17, 15) is 4.79 Å². The Kier molecular flexibility index (Phi) is 7.72. The molecular weight excluding hydrogens is 294 g/mol. The molecule has 132 valence electrons. The zero-order chi connectivity index (χ0) is 17.5. The maximum atomic E-state index is 12.4. The molecule has 0 unspecified atom stereocenters. The number of nitrogens with one attached hydrogen (secondary N) is 1. The van der Waals surface area contributed by atoms with Gasteiger partial charge in [-0.05, 0) is 39.8 Å². The molecule has 23 heavy (non-hydrogen) atoms. The number of likely N-dealkylation sites (N-methyl/N-ethyl adjacent to an activating group) is 1. The molecule has 0 aliphatic rings. The van der Waals surface area contributed by atoms with Gasteiger partial charge in [0.25, 0.3) is 5.91 Å². The highest BCUT2D eigenvalue weighted by Gasteiger charge is 2.31. The van der Waals surface area contributed by atoms with Crippen molar-refractivity contribution in [3.8, 4) is 0 Å². The number of carbonyl (C=O) groups is 1. The van der Waals surface area contributed by atoms with Gasteiger partial charge in [0.15, 0.2) is 11.5 Å². The smallest absolute Gasteiger partial charge is 0.273 e. The van der Waals surface area contributed by atoms with E-state index < -0.39 is 0 Å². The van der Waals surface area contributed by atoms with Crippen LogP contribution in [-0.4, -0.2) is 46.7 Å². The molecule has 0 bridgehead atoms. The number of aromatic nitrogens is 1. The molecule has 0 saturated heterocycles. The van der Waals surface area contributed by atoms with Crippen LogP contribution >= 0.6 is 0 Å². The largest absolute Gasteiger partial charge is 0.388 e. The number of carbonyl (C=O) groups excluding carboxylic acids is 1. The maximum absolute atomic E-state index is 12.4. The van der Waals surface area contributed by atoms with Gasteiger partial charge in [-0.2, -0.15) is 0 Å². The summed E-state index contributed by atoms with van der Waals surface area (Å²) in [5, 5.41) is 15.9. The lowest BCUT2D eigenvalue weighted by molar-refractivity contribution is 0.0813. The fourth-order valence-electron chi connectivity index (χ4n) is 2.86. The minimum Gasteiger partial charge on any atom is -0.388 e. The van der Waals surface area contributed by atoms with E-state index in [0.29, 0.717) is 17.9 Å². The van der Waals surface area contributed by atoms with Crippen LogP contribution in [0.2, 0.25) is 0 Å². The molecule has 1 amide bonds. The van der Waals surface area contributed by atoms with E-state index in [4.69, 9.17) is 9.63 Å². The predicted octanol–water partition coefficient (Wildman–Crippen LogP) is 2.50. The van der Waals surface area contributed by atoms with Gasteiger partial charge in [0.2, 0.25) is 0 Å². The molecule has 0 fully saturated rings. The molecule has 6 nitrogen and oxygen atoms in total. The lowest BCUT2D eigenvalue weighted by atomic mass is 9.90. The van der Waals surface area contributed by atoms with Crippen LogP contribution in [0.4, 0.5) is 0 Å². The van der Waals surface area contributed by atoms with Gasteiger partial charge in [-0.3, -0.25) is 9.69 Å². The molecule has 0 radical (unpaired) electrons. The van der Waals surface area contributed by atoms with E-state index in [1.807, 2.05) is 0 Å². The van der Waals surface area contributed by atoms with E-state index in [-0.39, 0.29) is 23.7 Å². The maximum Gasteiger partial charge on any atom is 0.273 e. The van der Waals surface area contributed by atoms with Gasteiger partial charge in [0.1, 0.15) is 6.61 Å². The Morgan fingerprint density at radius 1 is 1.35 bits per heavy atom. The second-order valence-corrected chi connectivity index (χ2v) is 6.13. The Morgan fingerprint density at radius 2 is 2.00 bits per heavy atom. The number of hydrogen-bond acceptors (Lipinski definition) is 5. The molecule has 0 aliphatic carbocycles. The molecule has 0 aliphatic heterocycles. The Hall–Kier alpha value is -1.40. The van der Waals surface area contributed by atoms with Crippen LogP contribution in [0, 0.1) is 6.92 Å². The van der Waals surface area contributed by atoms with Crippen molar-refractivity contribution in [3.63, 3.8) is 0 Å². The van der Waals surface area contributed by atoms with Crippen LogP contribution in [0.15, 0.2) is 4.52 Å². The number of aliphatic hydroxyl groups is 1. The molecular formula is C17H31N3O3. The third-order valence-corrected chi connectivity index (χ3v) is 4.93. The van der Waals surface area contributed by atoms with E-state index in [1.54, 1.807) is 6.92 Å². The van der Waals surface area contributed by atoms with Crippen molar-refractivity contribution in [3.05, 3.63) is 17.0 Å². The van der Waals surface area contributed by atoms with Crippen LogP contribution in [0.5, 0.6) is 0 Å². The number of hydrogen-bond donors (Lipinski definition) is 2. The number of unbranched alkanes of at least 4 members (excludes halogenated alkanes) is 1. The van der Waals surface area contributed by atoms with Gasteiger partial charge in [-0.1, -0.05) is 32.3 Å². The van der Waals surface area contributed by atoms with Gasteiger partial charge in [0.05, 0.1) is 0 Å². The zero-order valence-electron chi connectivity index (χ0n) is 15.1. The standard InChI is InChI=1S/C17H31N3O3/c1-6-9-10-20(5)17(7-2,8-3)12-18-16(22)15-13(4)14(11-21)23-19-15/h21H,6-12H2,1-5H3,(H,18,22). The minimum atomic E-state index is -0.250. The van der Waals surface area contributed by atoms with Crippen molar-refractivity contribution >= 4 is 5.91 Å². The van der Waals surface area contributed by atoms with Crippen molar-refractivity contribution in [2.45, 2.75) is 65.5 Å².